The molecule has 1 heterocycles. The molecule has 0 radical (unpaired) electrons. The van der Waals surface area contributed by atoms with Crippen molar-refractivity contribution in [1.82, 2.24) is 15.6 Å². The van der Waals surface area contributed by atoms with E-state index >= 15 is 0 Å². The molecule has 2 N–H and O–H groups in total. The molecule has 0 aliphatic heterocycles. The summed E-state index contributed by atoms with van der Waals surface area (Å²) in [4.78, 5) is 40.6. The maximum atomic E-state index is 13.2. The molecular weight excluding hydrogens is 389 g/mol. The Bertz CT molecular complexity index is 1100. The number of ether oxygens (including phenoxy) is 1. The quantitative estimate of drug-likeness (QED) is 0.629. The minimum atomic E-state index is -0.751. The molecule has 0 fully saturated rings. The van der Waals surface area contributed by atoms with Crippen LogP contribution in [0.5, 0.6) is 0 Å². The zero-order chi connectivity index (χ0) is 21.7. The van der Waals surface area contributed by atoms with Crippen LogP contribution in [0.3, 0.4) is 0 Å². The number of carbonyl (C=O) groups is 3. The van der Waals surface area contributed by atoms with E-state index in [9.17, 15) is 18.8 Å². The van der Waals surface area contributed by atoms with Crippen molar-refractivity contribution in [2.75, 3.05) is 6.61 Å². The third-order valence-corrected chi connectivity index (χ3v) is 4.08. The lowest BCUT2D eigenvalue weighted by Crippen LogP contribution is -2.44. The number of aromatic nitrogens is 1. The average Bonchev–Trinajstić information content (AvgIpc) is 2.71. The number of pyridine rings is 1. The molecule has 7 nitrogen and oxygen atoms in total. The van der Waals surface area contributed by atoms with Gasteiger partial charge in [0.25, 0.3) is 5.91 Å². The van der Waals surface area contributed by atoms with Crippen LogP contribution in [0.4, 0.5) is 9.18 Å². The lowest BCUT2D eigenvalue weighted by Gasteiger charge is -2.11. The number of benzene rings is 2. The van der Waals surface area contributed by atoms with Crippen LogP contribution in [0.15, 0.2) is 54.6 Å². The highest BCUT2D eigenvalue weighted by Gasteiger charge is 2.17. The highest BCUT2D eigenvalue weighted by molar-refractivity contribution is 6.05. The molecule has 0 aliphatic carbocycles. The second-order valence-electron chi connectivity index (χ2n) is 6.83. The van der Waals surface area contributed by atoms with Gasteiger partial charge in [-0.15, -0.1) is 0 Å². The van der Waals surface area contributed by atoms with Gasteiger partial charge in [0.1, 0.15) is 5.82 Å². The van der Waals surface area contributed by atoms with Gasteiger partial charge in [-0.3, -0.25) is 10.1 Å². The number of rotatable bonds is 5. The molecule has 3 amide bonds. The number of fused-ring (bicyclic) bond motifs is 1. The molecular formula is C22H20FN3O4. The molecule has 0 spiro atoms. The fourth-order valence-corrected chi connectivity index (χ4v) is 2.78. The summed E-state index contributed by atoms with van der Waals surface area (Å²) >= 11 is 0. The van der Waals surface area contributed by atoms with Crippen LogP contribution >= 0.6 is 0 Å². The van der Waals surface area contributed by atoms with Gasteiger partial charge < -0.3 is 10.1 Å². The van der Waals surface area contributed by atoms with Crippen molar-refractivity contribution in [3.63, 3.8) is 0 Å². The summed E-state index contributed by atoms with van der Waals surface area (Å²) in [5.74, 6) is -1.87. The minimum Gasteiger partial charge on any atom is -0.452 e. The smallest absolute Gasteiger partial charge is 0.339 e. The molecule has 154 valence electrons. The van der Waals surface area contributed by atoms with E-state index in [0.29, 0.717) is 22.2 Å². The number of imide groups is 1. The van der Waals surface area contributed by atoms with Crippen LogP contribution in [-0.2, 0) is 9.53 Å². The van der Waals surface area contributed by atoms with Crippen LogP contribution in [-0.4, -0.2) is 35.5 Å². The van der Waals surface area contributed by atoms with Crippen molar-refractivity contribution in [3.05, 3.63) is 66.0 Å². The van der Waals surface area contributed by atoms with Gasteiger partial charge in [-0.2, -0.15) is 0 Å². The van der Waals surface area contributed by atoms with E-state index in [1.54, 1.807) is 50.2 Å². The Balaban J connectivity index is 1.82. The normalized spacial score (nSPS) is 10.7. The third-order valence-electron chi connectivity index (χ3n) is 4.08. The largest absolute Gasteiger partial charge is 0.452 e. The van der Waals surface area contributed by atoms with E-state index in [1.165, 1.54) is 18.2 Å². The van der Waals surface area contributed by atoms with Crippen LogP contribution in [0.1, 0.15) is 24.2 Å². The standard InChI is InChI=1S/C22H20FN3O4/c1-13(2)24-22(29)26-20(27)12-30-21(28)17-11-19(14-7-9-15(23)10-8-14)25-18-6-4-3-5-16(17)18/h3-11,13H,12H2,1-2H3,(H2,24,26,27,29). The van der Waals surface area contributed by atoms with E-state index in [-0.39, 0.29) is 17.4 Å². The molecule has 8 heteroatoms. The summed E-state index contributed by atoms with van der Waals surface area (Å²) in [5, 5.41) is 5.13. The Hall–Kier alpha value is -3.81. The van der Waals surface area contributed by atoms with Crippen molar-refractivity contribution in [2.24, 2.45) is 0 Å². The van der Waals surface area contributed by atoms with E-state index in [2.05, 4.69) is 15.6 Å². The highest BCUT2D eigenvalue weighted by Crippen LogP contribution is 2.25. The number of halogens is 1. The fourth-order valence-electron chi connectivity index (χ4n) is 2.78. The second kappa shape index (κ2) is 9.13. The summed E-state index contributed by atoms with van der Waals surface area (Å²) in [6.45, 7) is 2.88. The summed E-state index contributed by atoms with van der Waals surface area (Å²) in [7, 11) is 0. The van der Waals surface area contributed by atoms with Crippen LogP contribution in [0.25, 0.3) is 22.2 Å². The zero-order valence-corrected chi connectivity index (χ0v) is 16.4. The fraction of sp³-hybridized carbons (Fsp3) is 0.182. The topological polar surface area (TPSA) is 97.4 Å². The van der Waals surface area contributed by atoms with Crippen molar-refractivity contribution in [2.45, 2.75) is 19.9 Å². The number of nitrogens with one attached hydrogen (secondary N) is 2. The van der Waals surface area contributed by atoms with Gasteiger partial charge in [-0.1, -0.05) is 18.2 Å². The minimum absolute atomic E-state index is 0.145. The number of nitrogens with zero attached hydrogens (tertiary/aromatic N) is 1. The Morgan fingerprint density at radius 3 is 2.47 bits per heavy atom. The molecule has 30 heavy (non-hydrogen) atoms. The molecule has 0 saturated carbocycles. The molecule has 2 aromatic carbocycles. The Morgan fingerprint density at radius 1 is 1.07 bits per heavy atom. The highest BCUT2D eigenvalue weighted by atomic mass is 19.1. The Labute approximate surface area is 172 Å². The lowest BCUT2D eigenvalue weighted by atomic mass is 10.0. The number of esters is 1. The van der Waals surface area contributed by atoms with Crippen LogP contribution in [0.2, 0.25) is 0 Å². The molecule has 3 aromatic rings. The van der Waals surface area contributed by atoms with Gasteiger partial charge in [-0.25, -0.2) is 19.0 Å². The van der Waals surface area contributed by atoms with E-state index < -0.39 is 24.5 Å². The first-order chi connectivity index (χ1) is 14.3. The average molecular weight is 409 g/mol. The molecule has 1 aromatic heterocycles. The molecule has 0 saturated heterocycles. The summed E-state index contributed by atoms with van der Waals surface area (Å²) in [6, 6.07) is 13.4. The van der Waals surface area contributed by atoms with E-state index in [1.807, 2.05) is 0 Å². The summed E-state index contributed by atoms with van der Waals surface area (Å²) in [6.07, 6.45) is 0. The van der Waals surface area contributed by atoms with Gasteiger partial charge in [0.2, 0.25) is 0 Å². The monoisotopic (exact) mass is 409 g/mol. The third kappa shape index (κ3) is 5.16. The number of para-hydroxylation sites is 1. The number of carbonyl (C=O) groups excluding carboxylic acids is 3. The molecule has 0 bridgehead atoms. The first kappa shape index (κ1) is 20.9. The maximum Gasteiger partial charge on any atom is 0.339 e. The number of hydrogen-bond acceptors (Lipinski definition) is 5. The van der Waals surface area contributed by atoms with Gasteiger partial charge in [-0.05, 0) is 50.2 Å². The van der Waals surface area contributed by atoms with E-state index in [4.69, 9.17) is 4.74 Å². The van der Waals surface area contributed by atoms with Crippen molar-refractivity contribution >= 4 is 28.8 Å². The van der Waals surface area contributed by atoms with Gasteiger partial charge in [0.15, 0.2) is 6.61 Å². The maximum absolute atomic E-state index is 13.2. The predicted octanol–water partition coefficient (Wildman–Crippen LogP) is 3.43. The van der Waals surface area contributed by atoms with Crippen molar-refractivity contribution < 1.29 is 23.5 Å². The molecule has 0 unspecified atom stereocenters. The van der Waals surface area contributed by atoms with Crippen molar-refractivity contribution in [1.29, 1.82) is 0 Å². The summed E-state index contributed by atoms with van der Waals surface area (Å²) < 4.78 is 18.3. The molecule has 0 aliphatic rings. The Kier molecular flexibility index (Phi) is 6.36. The molecule has 3 rings (SSSR count). The van der Waals surface area contributed by atoms with Crippen LogP contribution in [0, 0.1) is 5.82 Å². The number of amides is 3. The van der Waals surface area contributed by atoms with Gasteiger partial charge in [0.05, 0.1) is 16.8 Å². The number of hydrogen-bond donors (Lipinski definition) is 2. The SMILES string of the molecule is CC(C)NC(=O)NC(=O)COC(=O)c1cc(-c2ccc(F)cc2)nc2ccccc12. The van der Waals surface area contributed by atoms with Gasteiger partial charge in [0, 0.05) is 17.0 Å². The summed E-state index contributed by atoms with van der Waals surface area (Å²) in [5.41, 5.74) is 1.84. The zero-order valence-electron chi connectivity index (χ0n) is 16.4. The molecule has 0 atom stereocenters. The predicted molar refractivity (Wildman–Crippen MR) is 109 cm³/mol. The first-order valence-corrected chi connectivity index (χ1v) is 9.26. The van der Waals surface area contributed by atoms with Crippen LogP contribution < -0.4 is 10.6 Å². The van der Waals surface area contributed by atoms with Gasteiger partial charge >= 0.3 is 12.0 Å². The number of urea groups is 1. The Morgan fingerprint density at radius 2 is 1.77 bits per heavy atom. The lowest BCUT2D eigenvalue weighted by molar-refractivity contribution is -0.123. The second-order valence-corrected chi connectivity index (χ2v) is 6.83. The first-order valence-electron chi connectivity index (χ1n) is 9.26. The van der Waals surface area contributed by atoms with Crippen molar-refractivity contribution in [3.8, 4) is 11.3 Å². The van der Waals surface area contributed by atoms with E-state index in [0.717, 1.165) is 0 Å².